The van der Waals surface area contributed by atoms with Gasteiger partial charge in [0.2, 0.25) is 5.78 Å². The minimum Gasteiger partial charge on any atom is -0.361 e. The van der Waals surface area contributed by atoms with Gasteiger partial charge in [-0.3, -0.25) is 4.79 Å². The van der Waals surface area contributed by atoms with Crippen LogP contribution in [-0.2, 0) is 4.79 Å². The molecule has 1 heterocycles. The summed E-state index contributed by atoms with van der Waals surface area (Å²) in [7, 11) is 0. The number of rotatable bonds is 2. The first-order chi connectivity index (χ1) is 5.34. The molecule has 1 fully saturated rings. The molecule has 4 heteroatoms. The van der Waals surface area contributed by atoms with E-state index in [1.165, 1.54) is 0 Å². The van der Waals surface area contributed by atoms with Crippen molar-refractivity contribution in [3.63, 3.8) is 0 Å². The molecule has 11 heavy (non-hydrogen) atoms. The van der Waals surface area contributed by atoms with Crippen LogP contribution in [0.15, 0.2) is 0 Å². The van der Waals surface area contributed by atoms with E-state index in [9.17, 15) is 4.79 Å². The van der Waals surface area contributed by atoms with Gasteiger partial charge >= 0.3 is 6.21 Å². The molecule has 0 radical (unpaired) electrons. The lowest BCUT2D eigenvalue weighted by Gasteiger charge is -2.16. The zero-order valence-corrected chi connectivity index (χ0v) is 7.01. The molecular weight excluding hydrogens is 160 g/mol. The lowest BCUT2D eigenvalue weighted by Crippen LogP contribution is -2.20. The lowest BCUT2D eigenvalue weighted by atomic mass is 9.98. The fourth-order valence-electron chi connectivity index (χ4n) is 1.14. The molecule has 0 bridgehead atoms. The van der Waals surface area contributed by atoms with Crippen molar-refractivity contribution in [1.29, 1.82) is 0 Å². The fraction of sp³-hybridized carbons (Fsp3) is 0.714. The number of carbonyl (C=O) groups excluding carboxylic acids is 1. The van der Waals surface area contributed by atoms with Crippen molar-refractivity contribution in [2.24, 2.45) is 5.92 Å². The van der Waals surface area contributed by atoms with Crippen molar-refractivity contribution in [3.05, 3.63) is 5.53 Å². The highest BCUT2D eigenvalue weighted by Crippen LogP contribution is 2.22. The molecule has 0 saturated carbocycles. The summed E-state index contributed by atoms with van der Waals surface area (Å²) in [6.07, 6.45) is 2.87. The Morgan fingerprint density at radius 1 is 1.55 bits per heavy atom. The first-order valence-electron chi connectivity index (χ1n) is 3.63. The summed E-state index contributed by atoms with van der Waals surface area (Å²) in [6.45, 7) is 0. The average molecular weight is 170 g/mol. The van der Waals surface area contributed by atoms with Gasteiger partial charge in [0.15, 0.2) is 0 Å². The Balaban J connectivity index is 2.44. The summed E-state index contributed by atoms with van der Waals surface area (Å²) < 4.78 is 0. The molecule has 0 amide bonds. The van der Waals surface area contributed by atoms with Crippen LogP contribution in [0.2, 0.25) is 0 Å². The Morgan fingerprint density at radius 3 is 2.73 bits per heavy atom. The van der Waals surface area contributed by atoms with E-state index in [4.69, 9.17) is 5.53 Å². The van der Waals surface area contributed by atoms with E-state index in [0.717, 1.165) is 30.6 Å². The Hall–Kier alpha value is -0.600. The van der Waals surface area contributed by atoms with Crippen LogP contribution in [0.1, 0.15) is 12.8 Å². The molecule has 3 nitrogen and oxygen atoms in total. The normalized spacial score (nSPS) is 18.9. The Kier molecular flexibility index (Phi) is 3.33. The molecule has 0 aromatic carbocycles. The van der Waals surface area contributed by atoms with Crippen LogP contribution in [-0.4, -0.2) is 28.3 Å². The van der Waals surface area contributed by atoms with Gasteiger partial charge in [-0.05, 0) is 24.3 Å². The first-order valence-corrected chi connectivity index (χ1v) is 4.79. The quantitative estimate of drug-likeness (QED) is 0.352. The third-order valence-corrected chi connectivity index (χ3v) is 2.86. The topological polar surface area (TPSA) is 53.5 Å². The highest BCUT2D eigenvalue weighted by atomic mass is 32.2. The van der Waals surface area contributed by atoms with Crippen molar-refractivity contribution in [2.75, 3.05) is 11.5 Å². The molecule has 0 unspecified atom stereocenters. The number of nitrogens with zero attached hydrogens (tertiary/aromatic N) is 2. The molecule has 0 spiro atoms. The largest absolute Gasteiger partial charge is 0.361 e. The van der Waals surface area contributed by atoms with Crippen molar-refractivity contribution in [2.45, 2.75) is 12.8 Å². The maximum absolute atomic E-state index is 11.1. The maximum Gasteiger partial charge on any atom is 0.323 e. The molecule has 1 saturated heterocycles. The third-order valence-electron chi connectivity index (χ3n) is 1.81. The molecule has 0 atom stereocenters. The van der Waals surface area contributed by atoms with Crippen LogP contribution in [0.4, 0.5) is 0 Å². The molecule has 0 aromatic heterocycles. The summed E-state index contributed by atoms with van der Waals surface area (Å²) in [5.41, 5.74) is 8.11. The zero-order valence-electron chi connectivity index (χ0n) is 6.19. The Bertz CT molecular complexity index is 193. The highest BCUT2D eigenvalue weighted by molar-refractivity contribution is 7.99. The molecular formula is C7H10N2OS. The van der Waals surface area contributed by atoms with Gasteiger partial charge in [-0.2, -0.15) is 16.6 Å². The molecule has 1 aliphatic heterocycles. The summed E-state index contributed by atoms with van der Waals surface area (Å²) in [5, 5.41) is 0. The second kappa shape index (κ2) is 4.31. The van der Waals surface area contributed by atoms with Gasteiger partial charge in [-0.15, -0.1) is 0 Å². The molecule has 0 aromatic rings. The highest BCUT2D eigenvalue weighted by Gasteiger charge is 2.21. The van der Waals surface area contributed by atoms with Gasteiger partial charge in [-0.25, -0.2) is 0 Å². The minimum absolute atomic E-state index is 0.0344. The molecule has 0 N–H and O–H groups in total. The van der Waals surface area contributed by atoms with Crippen LogP contribution < -0.4 is 0 Å². The predicted molar refractivity (Wildman–Crippen MR) is 44.7 cm³/mol. The van der Waals surface area contributed by atoms with Crippen LogP contribution >= 0.6 is 11.8 Å². The van der Waals surface area contributed by atoms with Crippen LogP contribution in [0.3, 0.4) is 0 Å². The fourth-order valence-corrected chi connectivity index (χ4v) is 2.25. The number of Topliss-reactive ketones (excluding diaryl/α,β-unsaturated/α-hetero) is 1. The molecule has 1 rings (SSSR count). The number of thioether (sulfide) groups is 1. The van der Waals surface area contributed by atoms with E-state index in [0.29, 0.717) is 0 Å². The SMILES string of the molecule is [N-]=[N+]=CC(=O)C1CCSCC1. The second-order valence-electron chi connectivity index (χ2n) is 2.53. The van der Waals surface area contributed by atoms with Gasteiger partial charge in [0.05, 0.1) is 0 Å². The smallest absolute Gasteiger partial charge is 0.323 e. The van der Waals surface area contributed by atoms with Gasteiger partial charge < -0.3 is 5.53 Å². The van der Waals surface area contributed by atoms with Crippen molar-refractivity contribution < 1.29 is 9.58 Å². The zero-order chi connectivity index (χ0) is 8.10. The average Bonchev–Trinajstić information content (AvgIpc) is 2.07. The van der Waals surface area contributed by atoms with Gasteiger partial charge in [0, 0.05) is 5.92 Å². The Morgan fingerprint density at radius 2 is 2.18 bits per heavy atom. The van der Waals surface area contributed by atoms with Crippen molar-refractivity contribution in [1.82, 2.24) is 0 Å². The van der Waals surface area contributed by atoms with Crippen molar-refractivity contribution in [3.8, 4) is 0 Å². The van der Waals surface area contributed by atoms with E-state index in [2.05, 4.69) is 4.79 Å². The monoisotopic (exact) mass is 170 g/mol. The summed E-state index contributed by atoms with van der Waals surface area (Å²) in [5.74, 6) is 2.17. The summed E-state index contributed by atoms with van der Waals surface area (Å²) >= 11 is 1.87. The van der Waals surface area contributed by atoms with Gasteiger partial charge in [0.25, 0.3) is 0 Å². The number of hydrogen-bond acceptors (Lipinski definition) is 2. The van der Waals surface area contributed by atoms with Gasteiger partial charge in [0.1, 0.15) is 0 Å². The molecule has 1 aliphatic rings. The lowest BCUT2D eigenvalue weighted by molar-refractivity contribution is -0.119. The number of ketones is 1. The van der Waals surface area contributed by atoms with Gasteiger partial charge in [-0.1, -0.05) is 0 Å². The molecule has 0 aliphatic carbocycles. The number of carbonyl (C=O) groups is 1. The summed E-state index contributed by atoms with van der Waals surface area (Å²) in [4.78, 5) is 13.8. The summed E-state index contributed by atoms with van der Waals surface area (Å²) in [6, 6.07) is 0. The minimum atomic E-state index is -0.0344. The third kappa shape index (κ3) is 2.48. The predicted octanol–water partition coefficient (Wildman–Crippen LogP) is 0.999. The van der Waals surface area contributed by atoms with Crippen LogP contribution in [0.25, 0.3) is 5.53 Å². The molecule has 60 valence electrons. The van der Waals surface area contributed by atoms with E-state index >= 15 is 0 Å². The van der Waals surface area contributed by atoms with Crippen molar-refractivity contribution >= 4 is 23.8 Å². The van der Waals surface area contributed by atoms with Crippen LogP contribution in [0, 0.1) is 5.92 Å². The van der Waals surface area contributed by atoms with E-state index < -0.39 is 0 Å². The Labute approximate surface area is 69.8 Å². The number of hydrogen-bond donors (Lipinski definition) is 0. The second-order valence-corrected chi connectivity index (χ2v) is 3.76. The van der Waals surface area contributed by atoms with E-state index in [1.54, 1.807) is 0 Å². The maximum atomic E-state index is 11.1. The van der Waals surface area contributed by atoms with E-state index in [-0.39, 0.29) is 11.7 Å². The van der Waals surface area contributed by atoms with E-state index in [1.807, 2.05) is 11.8 Å². The van der Waals surface area contributed by atoms with Crippen LogP contribution in [0.5, 0.6) is 0 Å². The standard InChI is InChI=1S/C7H10N2OS/c8-9-5-7(10)6-1-3-11-4-2-6/h5-6H,1-4H2. The first kappa shape index (κ1) is 8.50.